The number of carbonyl (C=O) groups is 2. The molecule has 0 unspecified atom stereocenters. The SMILES string of the molecule is COC(=O)c1c(C)c2c(c(Cl)c1O)OC(=O)c1c(cc(O)c(Cl)c1C)O2. The number of aromatic hydroxyl groups is 2. The second kappa shape index (κ2) is 6.26. The van der Waals surface area contributed by atoms with E-state index >= 15 is 0 Å². The number of hydrogen-bond acceptors (Lipinski definition) is 7. The number of methoxy groups -OCH3 is 1. The van der Waals surface area contributed by atoms with Crippen LogP contribution in [0.4, 0.5) is 0 Å². The third-order valence-corrected chi connectivity index (χ3v) is 4.84. The molecule has 0 aliphatic carbocycles. The van der Waals surface area contributed by atoms with Crippen molar-refractivity contribution >= 4 is 35.1 Å². The molecule has 136 valence electrons. The van der Waals surface area contributed by atoms with E-state index in [2.05, 4.69) is 4.74 Å². The molecule has 2 N–H and O–H groups in total. The zero-order valence-electron chi connectivity index (χ0n) is 13.8. The predicted octanol–water partition coefficient (Wildman–Crippen LogP) is 4.13. The molecule has 1 heterocycles. The lowest BCUT2D eigenvalue weighted by atomic mass is 10.1. The molecule has 0 spiro atoms. The van der Waals surface area contributed by atoms with Gasteiger partial charge in [-0.15, -0.1) is 0 Å². The van der Waals surface area contributed by atoms with Gasteiger partial charge in [0.1, 0.15) is 27.6 Å². The van der Waals surface area contributed by atoms with Crippen molar-refractivity contribution in [2.24, 2.45) is 0 Å². The lowest BCUT2D eigenvalue weighted by molar-refractivity contribution is 0.0596. The average Bonchev–Trinajstić information content (AvgIpc) is 2.74. The third-order valence-electron chi connectivity index (χ3n) is 4.01. The van der Waals surface area contributed by atoms with Gasteiger partial charge in [-0.2, -0.15) is 0 Å². The minimum atomic E-state index is -0.848. The molecule has 1 aliphatic heterocycles. The van der Waals surface area contributed by atoms with Gasteiger partial charge in [0.2, 0.25) is 0 Å². The molecule has 9 heteroatoms. The first kappa shape index (κ1) is 18.2. The summed E-state index contributed by atoms with van der Waals surface area (Å²) in [4.78, 5) is 24.5. The Morgan fingerprint density at radius 3 is 2.35 bits per heavy atom. The Morgan fingerprint density at radius 1 is 1.08 bits per heavy atom. The molecule has 0 fully saturated rings. The zero-order valence-corrected chi connectivity index (χ0v) is 15.3. The van der Waals surface area contributed by atoms with Gasteiger partial charge >= 0.3 is 11.9 Å². The highest BCUT2D eigenvalue weighted by atomic mass is 35.5. The molecule has 7 nitrogen and oxygen atoms in total. The van der Waals surface area contributed by atoms with E-state index in [1.807, 2.05) is 0 Å². The number of esters is 2. The van der Waals surface area contributed by atoms with Crippen molar-refractivity contribution in [2.75, 3.05) is 7.11 Å². The number of rotatable bonds is 1. The molecule has 2 aromatic carbocycles. The minimum absolute atomic E-state index is 0.0152. The largest absolute Gasteiger partial charge is 0.506 e. The van der Waals surface area contributed by atoms with Crippen LogP contribution in [0.25, 0.3) is 0 Å². The maximum absolute atomic E-state index is 12.5. The summed E-state index contributed by atoms with van der Waals surface area (Å²) in [7, 11) is 1.14. The van der Waals surface area contributed by atoms with Gasteiger partial charge in [0.05, 0.1) is 12.1 Å². The van der Waals surface area contributed by atoms with E-state index < -0.39 is 17.7 Å². The fourth-order valence-electron chi connectivity index (χ4n) is 2.68. The van der Waals surface area contributed by atoms with E-state index in [1.165, 1.54) is 13.8 Å². The Labute approximate surface area is 157 Å². The van der Waals surface area contributed by atoms with Gasteiger partial charge in [-0.1, -0.05) is 23.2 Å². The zero-order chi connectivity index (χ0) is 19.3. The van der Waals surface area contributed by atoms with Gasteiger partial charge in [-0.05, 0) is 19.4 Å². The quantitative estimate of drug-likeness (QED) is 0.549. The molecule has 0 saturated carbocycles. The average molecular weight is 399 g/mol. The van der Waals surface area contributed by atoms with Crippen molar-refractivity contribution in [3.8, 4) is 28.7 Å². The van der Waals surface area contributed by atoms with Crippen LogP contribution in [0.5, 0.6) is 28.7 Å². The van der Waals surface area contributed by atoms with E-state index in [0.717, 1.165) is 13.2 Å². The molecule has 0 amide bonds. The summed E-state index contributed by atoms with van der Waals surface area (Å²) < 4.78 is 15.6. The number of benzene rings is 2. The summed E-state index contributed by atoms with van der Waals surface area (Å²) in [6, 6.07) is 1.15. The Hall–Kier alpha value is -2.64. The summed E-state index contributed by atoms with van der Waals surface area (Å²) in [6.07, 6.45) is 0. The second-order valence-corrected chi connectivity index (χ2v) is 6.27. The van der Waals surface area contributed by atoms with Crippen molar-refractivity contribution < 1.29 is 34.0 Å². The molecule has 26 heavy (non-hydrogen) atoms. The number of fused-ring (bicyclic) bond motifs is 2. The number of phenols is 2. The maximum atomic E-state index is 12.5. The monoisotopic (exact) mass is 398 g/mol. The van der Waals surface area contributed by atoms with Crippen LogP contribution >= 0.6 is 23.2 Å². The normalized spacial score (nSPS) is 12.4. The molecule has 3 rings (SSSR count). The van der Waals surface area contributed by atoms with E-state index in [4.69, 9.17) is 32.7 Å². The number of halogens is 2. The molecule has 0 bridgehead atoms. The van der Waals surface area contributed by atoms with E-state index in [9.17, 15) is 19.8 Å². The summed E-state index contributed by atoms with van der Waals surface area (Å²) in [5, 5.41) is 19.7. The van der Waals surface area contributed by atoms with Crippen LogP contribution in [0.3, 0.4) is 0 Å². The highest BCUT2D eigenvalue weighted by molar-refractivity contribution is 6.35. The van der Waals surface area contributed by atoms with Crippen molar-refractivity contribution in [1.29, 1.82) is 0 Å². The molecule has 0 saturated heterocycles. The first-order valence-electron chi connectivity index (χ1n) is 7.24. The fourth-order valence-corrected chi connectivity index (χ4v) is 3.05. The molecular formula is C17H12Cl2O7. The number of phenolic OH excluding ortho intramolecular Hbond substituents is 2. The van der Waals surface area contributed by atoms with E-state index in [-0.39, 0.29) is 55.3 Å². The van der Waals surface area contributed by atoms with Crippen molar-refractivity contribution in [3.05, 3.63) is 38.4 Å². The van der Waals surface area contributed by atoms with Crippen LogP contribution in [0.2, 0.25) is 10.0 Å². The highest BCUT2D eigenvalue weighted by Crippen LogP contribution is 2.51. The van der Waals surface area contributed by atoms with Gasteiger partial charge in [-0.25, -0.2) is 9.59 Å². The molecule has 1 aliphatic rings. The van der Waals surface area contributed by atoms with Crippen LogP contribution in [0.15, 0.2) is 6.07 Å². The Kier molecular flexibility index (Phi) is 4.37. The summed E-state index contributed by atoms with van der Waals surface area (Å²) in [6.45, 7) is 2.97. The van der Waals surface area contributed by atoms with Crippen LogP contribution in [-0.4, -0.2) is 29.3 Å². The predicted molar refractivity (Wildman–Crippen MR) is 92.1 cm³/mol. The Balaban J connectivity index is 2.34. The van der Waals surface area contributed by atoms with Crippen LogP contribution in [0.1, 0.15) is 31.8 Å². The summed E-state index contributed by atoms with van der Waals surface area (Å²) >= 11 is 12.1. The summed E-state index contributed by atoms with van der Waals surface area (Å²) in [5.41, 5.74) is 0.136. The van der Waals surface area contributed by atoms with Crippen LogP contribution in [-0.2, 0) is 4.74 Å². The standard InChI is InChI=1S/C17H12Cl2O7/c1-5-9-8(4-7(20)11(5)18)25-14-6(2)10(16(22)24-3)13(21)12(19)15(14)26-17(9)23/h4,20-21H,1-3H3. The number of hydrogen-bond donors (Lipinski definition) is 2. The number of carbonyl (C=O) groups excluding carboxylic acids is 2. The van der Waals surface area contributed by atoms with Crippen LogP contribution in [0, 0.1) is 13.8 Å². The lowest BCUT2D eigenvalue weighted by Gasteiger charge is -2.16. The Bertz CT molecular complexity index is 982. The first-order valence-corrected chi connectivity index (χ1v) is 8.00. The van der Waals surface area contributed by atoms with E-state index in [1.54, 1.807) is 0 Å². The fraction of sp³-hybridized carbons (Fsp3) is 0.176. The smallest absolute Gasteiger partial charge is 0.347 e. The topological polar surface area (TPSA) is 102 Å². The third kappa shape index (κ3) is 2.51. The van der Waals surface area contributed by atoms with Gasteiger partial charge in [0.15, 0.2) is 17.2 Å². The van der Waals surface area contributed by atoms with Crippen LogP contribution < -0.4 is 9.47 Å². The maximum Gasteiger partial charge on any atom is 0.347 e. The molecular weight excluding hydrogens is 387 g/mol. The molecule has 0 atom stereocenters. The number of ether oxygens (including phenoxy) is 3. The van der Waals surface area contributed by atoms with Crippen molar-refractivity contribution in [1.82, 2.24) is 0 Å². The molecule has 0 radical (unpaired) electrons. The first-order chi connectivity index (χ1) is 12.2. The van der Waals surface area contributed by atoms with Gasteiger partial charge in [-0.3, -0.25) is 0 Å². The van der Waals surface area contributed by atoms with Gasteiger partial charge in [0, 0.05) is 11.6 Å². The summed E-state index contributed by atoms with van der Waals surface area (Å²) in [5.74, 6) is -2.95. The van der Waals surface area contributed by atoms with Gasteiger partial charge < -0.3 is 24.4 Å². The Morgan fingerprint density at radius 2 is 1.73 bits per heavy atom. The van der Waals surface area contributed by atoms with Crippen molar-refractivity contribution in [3.63, 3.8) is 0 Å². The lowest BCUT2D eigenvalue weighted by Crippen LogP contribution is -2.10. The van der Waals surface area contributed by atoms with E-state index in [0.29, 0.717) is 0 Å². The van der Waals surface area contributed by atoms with Gasteiger partial charge in [0.25, 0.3) is 0 Å². The van der Waals surface area contributed by atoms with Crippen molar-refractivity contribution in [2.45, 2.75) is 13.8 Å². The molecule has 2 aromatic rings. The minimum Gasteiger partial charge on any atom is -0.506 e. The highest BCUT2D eigenvalue weighted by Gasteiger charge is 2.34. The second-order valence-electron chi connectivity index (χ2n) is 5.51. The molecule has 0 aromatic heterocycles.